The van der Waals surface area contributed by atoms with Crippen LogP contribution in [0, 0.1) is 0 Å². The predicted octanol–water partition coefficient (Wildman–Crippen LogP) is 1.50. The van der Waals surface area contributed by atoms with Crippen LogP contribution in [0.3, 0.4) is 0 Å². The first-order valence-electron chi connectivity index (χ1n) is 4.80. The van der Waals surface area contributed by atoms with Gasteiger partial charge in [0.2, 0.25) is 0 Å². The summed E-state index contributed by atoms with van der Waals surface area (Å²) in [5.74, 6) is 0.649. The molecule has 3 nitrogen and oxygen atoms in total. The van der Waals surface area contributed by atoms with Crippen LogP contribution in [0.5, 0.6) is 5.75 Å². The maximum Gasteiger partial charge on any atom is 0.125 e. The van der Waals surface area contributed by atoms with E-state index in [2.05, 4.69) is 0 Å². The zero-order valence-electron chi connectivity index (χ0n) is 8.31. The second-order valence-corrected chi connectivity index (χ2v) is 3.03. The van der Waals surface area contributed by atoms with Gasteiger partial charge in [0.25, 0.3) is 0 Å². The number of benzene rings is 1. The van der Waals surface area contributed by atoms with Gasteiger partial charge in [0.05, 0.1) is 12.7 Å². The van der Waals surface area contributed by atoms with Crippen molar-refractivity contribution in [2.45, 2.75) is 19.4 Å². The van der Waals surface area contributed by atoms with Gasteiger partial charge in [-0.1, -0.05) is 25.1 Å². The topological polar surface area (TPSA) is 49.7 Å². The maximum absolute atomic E-state index is 9.67. The Morgan fingerprint density at radius 1 is 1.36 bits per heavy atom. The molecule has 0 heterocycles. The zero-order valence-corrected chi connectivity index (χ0v) is 8.31. The molecule has 1 aromatic rings. The Hall–Kier alpha value is -1.06. The molecule has 1 rings (SSSR count). The number of hydrogen-bond donors (Lipinski definition) is 2. The largest absolute Gasteiger partial charge is 0.491 e. The van der Waals surface area contributed by atoms with Gasteiger partial charge >= 0.3 is 0 Å². The standard InChI is InChI=1S/C11H16O3/c1-2-10(13)9-5-3-4-6-11(9)14-8-7-12/h3-6,10,12-13H,2,7-8H2,1H3. The van der Waals surface area contributed by atoms with Gasteiger partial charge in [-0.25, -0.2) is 0 Å². The Morgan fingerprint density at radius 3 is 2.71 bits per heavy atom. The zero-order chi connectivity index (χ0) is 10.4. The fourth-order valence-corrected chi connectivity index (χ4v) is 1.26. The van der Waals surface area contributed by atoms with E-state index in [0.29, 0.717) is 12.2 Å². The lowest BCUT2D eigenvalue weighted by molar-refractivity contribution is 0.160. The molecule has 0 aliphatic rings. The van der Waals surface area contributed by atoms with E-state index in [9.17, 15) is 5.11 Å². The Kier molecular flexibility index (Phi) is 4.43. The van der Waals surface area contributed by atoms with E-state index in [1.807, 2.05) is 25.1 Å². The van der Waals surface area contributed by atoms with Crippen molar-refractivity contribution < 1.29 is 14.9 Å². The van der Waals surface area contributed by atoms with Crippen molar-refractivity contribution in [2.75, 3.05) is 13.2 Å². The fourth-order valence-electron chi connectivity index (χ4n) is 1.26. The molecule has 1 unspecified atom stereocenters. The molecule has 0 aliphatic heterocycles. The quantitative estimate of drug-likeness (QED) is 0.750. The molecule has 1 aromatic carbocycles. The highest BCUT2D eigenvalue weighted by atomic mass is 16.5. The summed E-state index contributed by atoms with van der Waals surface area (Å²) in [6.45, 7) is 2.15. The Bertz CT molecular complexity index is 273. The van der Waals surface area contributed by atoms with Crippen molar-refractivity contribution in [1.29, 1.82) is 0 Å². The minimum atomic E-state index is -0.495. The number of rotatable bonds is 5. The average Bonchev–Trinajstić information content (AvgIpc) is 2.25. The van der Waals surface area contributed by atoms with Crippen molar-refractivity contribution in [3.05, 3.63) is 29.8 Å². The second-order valence-electron chi connectivity index (χ2n) is 3.03. The summed E-state index contributed by atoms with van der Waals surface area (Å²) in [5, 5.41) is 18.3. The first kappa shape index (κ1) is 11.0. The molecule has 3 heteroatoms. The Labute approximate surface area is 84.0 Å². The number of para-hydroxylation sites is 1. The number of hydrogen-bond acceptors (Lipinski definition) is 3. The van der Waals surface area contributed by atoms with Gasteiger partial charge in [-0.3, -0.25) is 0 Å². The van der Waals surface area contributed by atoms with Crippen LogP contribution >= 0.6 is 0 Å². The summed E-state index contributed by atoms with van der Waals surface area (Å²) in [4.78, 5) is 0. The molecule has 0 fully saturated rings. The molecule has 78 valence electrons. The van der Waals surface area contributed by atoms with E-state index in [1.165, 1.54) is 0 Å². The van der Waals surface area contributed by atoms with Crippen molar-refractivity contribution >= 4 is 0 Å². The van der Waals surface area contributed by atoms with E-state index in [-0.39, 0.29) is 13.2 Å². The Balaban J connectivity index is 2.79. The predicted molar refractivity (Wildman–Crippen MR) is 54.3 cm³/mol. The van der Waals surface area contributed by atoms with Gasteiger partial charge in [0.1, 0.15) is 12.4 Å². The average molecular weight is 196 g/mol. The van der Waals surface area contributed by atoms with Gasteiger partial charge in [0.15, 0.2) is 0 Å². The highest BCUT2D eigenvalue weighted by Gasteiger charge is 2.10. The van der Waals surface area contributed by atoms with Crippen LogP contribution in [-0.2, 0) is 0 Å². The molecule has 0 aromatic heterocycles. The van der Waals surface area contributed by atoms with E-state index in [0.717, 1.165) is 5.56 Å². The normalized spacial score (nSPS) is 12.5. The molecule has 0 amide bonds. The van der Waals surface area contributed by atoms with Gasteiger partial charge in [-0.15, -0.1) is 0 Å². The third-order valence-electron chi connectivity index (χ3n) is 2.01. The van der Waals surface area contributed by atoms with Gasteiger partial charge in [0, 0.05) is 5.56 Å². The van der Waals surface area contributed by atoms with Crippen LogP contribution < -0.4 is 4.74 Å². The summed E-state index contributed by atoms with van der Waals surface area (Å²) >= 11 is 0. The summed E-state index contributed by atoms with van der Waals surface area (Å²) in [5.41, 5.74) is 0.781. The van der Waals surface area contributed by atoms with Crippen molar-refractivity contribution in [3.63, 3.8) is 0 Å². The molecule has 0 aliphatic carbocycles. The highest BCUT2D eigenvalue weighted by molar-refractivity contribution is 5.34. The summed E-state index contributed by atoms with van der Waals surface area (Å²) in [6, 6.07) is 7.34. The van der Waals surface area contributed by atoms with Crippen molar-refractivity contribution in [3.8, 4) is 5.75 Å². The minimum Gasteiger partial charge on any atom is -0.491 e. The van der Waals surface area contributed by atoms with E-state index < -0.39 is 6.10 Å². The minimum absolute atomic E-state index is 0.0173. The smallest absolute Gasteiger partial charge is 0.125 e. The molecule has 0 bridgehead atoms. The van der Waals surface area contributed by atoms with E-state index in [4.69, 9.17) is 9.84 Å². The number of aliphatic hydroxyl groups excluding tert-OH is 2. The molecule has 0 saturated carbocycles. The summed E-state index contributed by atoms with van der Waals surface area (Å²) in [7, 11) is 0. The number of aliphatic hydroxyl groups is 2. The first-order valence-corrected chi connectivity index (χ1v) is 4.80. The monoisotopic (exact) mass is 196 g/mol. The summed E-state index contributed by atoms with van der Waals surface area (Å²) < 4.78 is 5.30. The van der Waals surface area contributed by atoms with Crippen LogP contribution in [0.15, 0.2) is 24.3 Å². The lowest BCUT2D eigenvalue weighted by Gasteiger charge is -2.14. The van der Waals surface area contributed by atoms with Crippen LogP contribution in [0.2, 0.25) is 0 Å². The molecule has 0 saturated heterocycles. The van der Waals surface area contributed by atoms with Crippen LogP contribution in [0.25, 0.3) is 0 Å². The molecule has 0 spiro atoms. The van der Waals surface area contributed by atoms with Gasteiger partial charge < -0.3 is 14.9 Å². The molecule has 0 radical (unpaired) electrons. The van der Waals surface area contributed by atoms with Crippen molar-refractivity contribution in [2.24, 2.45) is 0 Å². The maximum atomic E-state index is 9.67. The SMILES string of the molecule is CCC(O)c1ccccc1OCCO. The van der Waals surface area contributed by atoms with E-state index in [1.54, 1.807) is 6.07 Å². The summed E-state index contributed by atoms with van der Waals surface area (Å²) in [6.07, 6.45) is 0.157. The third kappa shape index (κ3) is 2.72. The molecular weight excluding hydrogens is 180 g/mol. The molecule has 1 atom stereocenters. The third-order valence-corrected chi connectivity index (χ3v) is 2.01. The van der Waals surface area contributed by atoms with Crippen LogP contribution in [0.1, 0.15) is 25.0 Å². The molecule has 2 N–H and O–H groups in total. The number of ether oxygens (including phenoxy) is 1. The molecular formula is C11H16O3. The molecule has 14 heavy (non-hydrogen) atoms. The lowest BCUT2D eigenvalue weighted by Crippen LogP contribution is -2.05. The van der Waals surface area contributed by atoms with Crippen LogP contribution in [-0.4, -0.2) is 23.4 Å². The van der Waals surface area contributed by atoms with Crippen molar-refractivity contribution in [1.82, 2.24) is 0 Å². The van der Waals surface area contributed by atoms with Gasteiger partial charge in [-0.05, 0) is 12.5 Å². The fraction of sp³-hybridized carbons (Fsp3) is 0.455. The first-order chi connectivity index (χ1) is 6.79. The van der Waals surface area contributed by atoms with Gasteiger partial charge in [-0.2, -0.15) is 0 Å². The lowest BCUT2D eigenvalue weighted by atomic mass is 10.1. The van der Waals surface area contributed by atoms with Crippen LogP contribution in [0.4, 0.5) is 0 Å². The highest BCUT2D eigenvalue weighted by Crippen LogP contribution is 2.26. The van der Waals surface area contributed by atoms with E-state index >= 15 is 0 Å². The Morgan fingerprint density at radius 2 is 2.07 bits per heavy atom. The second kappa shape index (κ2) is 5.62.